The zero-order chi connectivity index (χ0) is 17.0. The highest BCUT2D eigenvalue weighted by Gasteiger charge is 2.33. The summed E-state index contributed by atoms with van der Waals surface area (Å²) in [6, 6.07) is 7.32. The van der Waals surface area contributed by atoms with Gasteiger partial charge in [-0.25, -0.2) is 0 Å². The van der Waals surface area contributed by atoms with Crippen LogP contribution in [-0.4, -0.2) is 40.9 Å². The number of ether oxygens (including phenoxy) is 2. The number of thiocarbonyl (C=S) groups is 1. The summed E-state index contributed by atoms with van der Waals surface area (Å²) in [5.74, 6) is -0.00958. The highest BCUT2D eigenvalue weighted by molar-refractivity contribution is 8.26. The first-order valence-electron chi connectivity index (χ1n) is 6.99. The van der Waals surface area contributed by atoms with E-state index in [1.54, 1.807) is 27.0 Å². The molecule has 0 unspecified atom stereocenters. The number of methoxy groups -OCH3 is 1. The van der Waals surface area contributed by atoms with Gasteiger partial charge in [0.25, 0.3) is 5.91 Å². The molecular weight excluding hydrogens is 334 g/mol. The summed E-state index contributed by atoms with van der Waals surface area (Å²) in [6.07, 6.45) is 1.52. The van der Waals surface area contributed by atoms with Crippen LogP contribution in [0.5, 0.6) is 5.75 Å². The van der Waals surface area contributed by atoms with Gasteiger partial charge in [-0.3, -0.25) is 14.5 Å². The second kappa shape index (κ2) is 7.61. The van der Waals surface area contributed by atoms with Crippen LogP contribution in [0.3, 0.4) is 0 Å². The number of thioether (sulfide) groups is 1. The molecule has 0 saturated carbocycles. The Morgan fingerprint density at radius 1 is 1.35 bits per heavy atom. The van der Waals surface area contributed by atoms with E-state index in [2.05, 4.69) is 0 Å². The molecule has 5 nitrogen and oxygen atoms in total. The number of carbonyl (C=O) groups is 2. The van der Waals surface area contributed by atoms with E-state index in [9.17, 15) is 9.59 Å². The molecule has 1 amide bonds. The summed E-state index contributed by atoms with van der Waals surface area (Å²) in [6.45, 7) is 3.35. The van der Waals surface area contributed by atoms with Gasteiger partial charge in [-0.15, -0.1) is 0 Å². The Labute approximate surface area is 144 Å². The van der Waals surface area contributed by atoms with Crippen LogP contribution in [0.1, 0.15) is 19.4 Å². The van der Waals surface area contributed by atoms with Crippen LogP contribution in [0, 0.1) is 0 Å². The van der Waals surface area contributed by atoms with Crippen LogP contribution in [0.15, 0.2) is 29.2 Å². The monoisotopic (exact) mass is 351 g/mol. The first-order chi connectivity index (χ1) is 10.9. The van der Waals surface area contributed by atoms with E-state index in [1.165, 1.54) is 16.7 Å². The molecule has 0 bridgehead atoms. The fraction of sp³-hybridized carbons (Fsp3) is 0.312. The van der Waals surface area contributed by atoms with E-state index in [0.29, 0.717) is 9.23 Å². The van der Waals surface area contributed by atoms with E-state index in [0.717, 1.165) is 11.3 Å². The van der Waals surface area contributed by atoms with Gasteiger partial charge < -0.3 is 9.47 Å². The van der Waals surface area contributed by atoms with Crippen molar-refractivity contribution < 1.29 is 19.1 Å². The molecule has 0 radical (unpaired) electrons. The van der Waals surface area contributed by atoms with Gasteiger partial charge in [-0.1, -0.05) is 36.1 Å². The highest BCUT2D eigenvalue weighted by atomic mass is 32.2. The quantitative estimate of drug-likeness (QED) is 0.462. The summed E-state index contributed by atoms with van der Waals surface area (Å²) in [4.78, 5) is 25.8. The second-order valence-corrected chi connectivity index (χ2v) is 6.76. The lowest BCUT2D eigenvalue weighted by atomic mass is 10.2. The zero-order valence-electron chi connectivity index (χ0n) is 13.1. The predicted octanol–water partition coefficient (Wildman–Crippen LogP) is 2.85. The molecule has 0 spiro atoms. The summed E-state index contributed by atoms with van der Waals surface area (Å²) in [7, 11) is 1.59. The fourth-order valence-corrected chi connectivity index (χ4v) is 3.17. The van der Waals surface area contributed by atoms with E-state index in [-0.39, 0.29) is 18.6 Å². The highest BCUT2D eigenvalue weighted by Crippen LogP contribution is 2.32. The Kier molecular flexibility index (Phi) is 5.79. The van der Waals surface area contributed by atoms with E-state index in [4.69, 9.17) is 21.7 Å². The van der Waals surface area contributed by atoms with Gasteiger partial charge in [0.2, 0.25) is 0 Å². The Hall–Kier alpha value is -1.86. The van der Waals surface area contributed by atoms with Crippen LogP contribution < -0.4 is 4.74 Å². The van der Waals surface area contributed by atoms with Crippen LogP contribution in [0.2, 0.25) is 0 Å². The third-order valence-corrected chi connectivity index (χ3v) is 4.32. The molecule has 2 rings (SSSR count). The number of hydrogen-bond acceptors (Lipinski definition) is 6. The minimum Gasteiger partial charge on any atom is -0.497 e. The molecule has 1 aromatic carbocycles. The van der Waals surface area contributed by atoms with Gasteiger partial charge >= 0.3 is 5.97 Å². The van der Waals surface area contributed by atoms with Crippen molar-refractivity contribution in [2.24, 2.45) is 0 Å². The molecule has 0 N–H and O–H groups in total. The van der Waals surface area contributed by atoms with Crippen LogP contribution in [0.4, 0.5) is 0 Å². The molecule has 1 aliphatic heterocycles. The van der Waals surface area contributed by atoms with Gasteiger partial charge in [-0.05, 0) is 37.6 Å². The summed E-state index contributed by atoms with van der Waals surface area (Å²) in [5, 5.41) is 0. The van der Waals surface area contributed by atoms with Crippen molar-refractivity contribution in [2.75, 3.05) is 13.7 Å². The normalized spacial score (nSPS) is 16.3. The fourth-order valence-electron chi connectivity index (χ4n) is 1.92. The number of rotatable bonds is 5. The Morgan fingerprint density at radius 2 is 2.00 bits per heavy atom. The van der Waals surface area contributed by atoms with Crippen LogP contribution in [-0.2, 0) is 14.3 Å². The molecular formula is C16H17NO4S2. The number of amides is 1. The molecule has 1 aromatic rings. The SMILES string of the molecule is COc1ccc(/C=C2\SC(=S)N(CC(=O)OC(C)C)C2=O)cc1. The van der Waals surface area contributed by atoms with Gasteiger partial charge in [0.05, 0.1) is 18.1 Å². The largest absolute Gasteiger partial charge is 0.497 e. The standard InChI is InChI=1S/C16H17NO4S2/c1-10(2)21-14(18)9-17-15(19)13(23-16(17)22)8-11-4-6-12(20-3)7-5-11/h4-8,10H,9H2,1-3H3/b13-8-. The number of esters is 1. The minimum absolute atomic E-state index is 0.164. The topological polar surface area (TPSA) is 55.8 Å². The number of nitrogens with zero attached hydrogens (tertiary/aromatic N) is 1. The summed E-state index contributed by atoms with van der Waals surface area (Å²) in [5.41, 5.74) is 0.857. The van der Waals surface area contributed by atoms with Gasteiger partial charge in [0, 0.05) is 0 Å². The molecule has 122 valence electrons. The molecule has 0 aromatic heterocycles. The number of benzene rings is 1. The zero-order valence-corrected chi connectivity index (χ0v) is 14.7. The molecule has 1 aliphatic rings. The number of carbonyl (C=O) groups excluding carboxylic acids is 2. The second-order valence-electron chi connectivity index (χ2n) is 5.08. The Bertz CT molecular complexity index is 653. The van der Waals surface area contributed by atoms with Crippen molar-refractivity contribution >= 4 is 46.3 Å². The molecule has 1 fully saturated rings. The third kappa shape index (κ3) is 4.56. The third-order valence-electron chi connectivity index (χ3n) is 2.94. The molecule has 1 saturated heterocycles. The minimum atomic E-state index is -0.470. The molecule has 23 heavy (non-hydrogen) atoms. The maximum atomic E-state index is 12.4. The average molecular weight is 351 g/mol. The maximum Gasteiger partial charge on any atom is 0.326 e. The lowest BCUT2D eigenvalue weighted by Crippen LogP contribution is -2.35. The maximum absolute atomic E-state index is 12.4. The van der Waals surface area contributed by atoms with Crippen LogP contribution in [0.25, 0.3) is 6.08 Å². The number of hydrogen-bond donors (Lipinski definition) is 0. The predicted molar refractivity (Wildman–Crippen MR) is 94.1 cm³/mol. The van der Waals surface area contributed by atoms with Crippen molar-refractivity contribution in [2.45, 2.75) is 20.0 Å². The van der Waals surface area contributed by atoms with Gasteiger partial charge in [0.1, 0.15) is 16.6 Å². The van der Waals surface area contributed by atoms with E-state index in [1.807, 2.05) is 24.3 Å². The van der Waals surface area contributed by atoms with E-state index >= 15 is 0 Å². The van der Waals surface area contributed by atoms with Gasteiger partial charge in [-0.2, -0.15) is 0 Å². The van der Waals surface area contributed by atoms with Crippen LogP contribution >= 0.6 is 24.0 Å². The van der Waals surface area contributed by atoms with Crippen molar-refractivity contribution in [1.82, 2.24) is 4.90 Å². The first-order valence-corrected chi connectivity index (χ1v) is 8.22. The Balaban J connectivity index is 2.10. The van der Waals surface area contributed by atoms with Crippen molar-refractivity contribution in [1.29, 1.82) is 0 Å². The Morgan fingerprint density at radius 3 is 2.57 bits per heavy atom. The molecule has 0 aliphatic carbocycles. The summed E-state index contributed by atoms with van der Waals surface area (Å²) < 4.78 is 10.5. The van der Waals surface area contributed by atoms with Crippen molar-refractivity contribution in [3.63, 3.8) is 0 Å². The van der Waals surface area contributed by atoms with Crippen molar-refractivity contribution in [3.8, 4) is 5.75 Å². The summed E-state index contributed by atoms with van der Waals surface area (Å²) >= 11 is 6.36. The molecule has 7 heteroatoms. The van der Waals surface area contributed by atoms with Crippen molar-refractivity contribution in [3.05, 3.63) is 34.7 Å². The lowest BCUT2D eigenvalue weighted by Gasteiger charge is -2.14. The average Bonchev–Trinajstić information content (AvgIpc) is 2.75. The lowest BCUT2D eigenvalue weighted by molar-refractivity contribution is -0.149. The van der Waals surface area contributed by atoms with Gasteiger partial charge in [0.15, 0.2) is 0 Å². The molecule has 1 heterocycles. The van der Waals surface area contributed by atoms with E-state index < -0.39 is 5.97 Å². The molecule has 0 atom stereocenters. The first kappa shape index (κ1) is 17.5. The smallest absolute Gasteiger partial charge is 0.326 e.